The zero-order valence-corrected chi connectivity index (χ0v) is 15.6. The van der Waals surface area contributed by atoms with Crippen LogP contribution >= 0.6 is 11.8 Å². The van der Waals surface area contributed by atoms with Gasteiger partial charge in [0.05, 0.1) is 23.6 Å². The van der Waals surface area contributed by atoms with Crippen molar-refractivity contribution in [2.24, 2.45) is 0 Å². The number of ether oxygens (including phenoxy) is 1. The number of carbonyl (C=O) groups is 2. The number of benzene rings is 1. The Labute approximate surface area is 160 Å². The second-order valence-corrected chi connectivity index (χ2v) is 7.22. The van der Waals surface area contributed by atoms with Crippen LogP contribution in [0.3, 0.4) is 0 Å². The van der Waals surface area contributed by atoms with Crippen LogP contribution in [0.4, 0.5) is 0 Å². The Morgan fingerprint density at radius 3 is 2.85 bits per heavy atom. The molecule has 1 unspecified atom stereocenters. The zero-order chi connectivity index (χ0) is 18.8. The van der Waals surface area contributed by atoms with E-state index in [0.717, 1.165) is 11.3 Å². The maximum Gasteiger partial charge on any atom is 0.316 e. The summed E-state index contributed by atoms with van der Waals surface area (Å²) in [7, 11) is 0. The Morgan fingerprint density at radius 1 is 1.26 bits per heavy atom. The van der Waals surface area contributed by atoms with Crippen molar-refractivity contribution in [3.63, 3.8) is 0 Å². The van der Waals surface area contributed by atoms with E-state index < -0.39 is 0 Å². The van der Waals surface area contributed by atoms with Gasteiger partial charge in [0.1, 0.15) is 0 Å². The molecule has 138 valence electrons. The second kappa shape index (κ2) is 7.48. The van der Waals surface area contributed by atoms with Crippen molar-refractivity contribution >= 4 is 29.3 Å². The van der Waals surface area contributed by atoms with Crippen molar-refractivity contribution in [1.82, 2.24) is 19.6 Å². The lowest BCUT2D eigenvalue weighted by atomic mass is 9.82. The van der Waals surface area contributed by atoms with E-state index in [0.29, 0.717) is 35.9 Å². The molecule has 1 aliphatic rings. The van der Waals surface area contributed by atoms with Gasteiger partial charge in [0.25, 0.3) is 5.78 Å². The molecule has 0 spiro atoms. The minimum atomic E-state index is -0.311. The highest BCUT2D eigenvalue weighted by Crippen LogP contribution is 2.32. The molecular formula is C19H18N4O3S. The molecule has 27 heavy (non-hydrogen) atoms. The third-order valence-corrected chi connectivity index (χ3v) is 5.27. The van der Waals surface area contributed by atoms with Gasteiger partial charge in [-0.3, -0.25) is 9.59 Å². The minimum Gasteiger partial charge on any atom is -0.465 e. The van der Waals surface area contributed by atoms with Crippen LogP contribution in [0.1, 0.15) is 40.9 Å². The van der Waals surface area contributed by atoms with Crippen LogP contribution in [0, 0.1) is 0 Å². The molecule has 0 amide bonds. The molecule has 0 N–H and O–H groups in total. The van der Waals surface area contributed by atoms with E-state index in [1.165, 1.54) is 16.3 Å². The number of ketones is 1. The predicted octanol–water partition coefficient (Wildman–Crippen LogP) is 2.69. The topological polar surface area (TPSA) is 86.4 Å². The molecule has 0 aliphatic heterocycles. The van der Waals surface area contributed by atoms with Gasteiger partial charge < -0.3 is 4.74 Å². The van der Waals surface area contributed by atoms with Gasteiger partial charge in [-0.2, -0.15) is 4.98 Å². The lowest BCUT2D eigenvalue weighted by Gasteiger charge is -2.22. The van der Waals surface area contributed by atoms with E-state index in [-0.39, 0.29) is 23.4 Å². The number of nitrogens with zero attached hydrogens (tertiary/aromatic N) is 4. The summed E-state index contributed by atoms with van der Waals surface area (Å²) in [4.78, 5) is 33.1. The van der Waals surface area contributed by atoms with E-state index >= 15 is 0 Å². The van der Waals surface area contributed by atoms with E-state index in [2.05, 4.69) is 15.1 Å². The van der Waals surface area contributed by atoms with Crippen LogP contribution < -0.4 is 0 Å². The number of hydrogen-bond acceptors (Lipinski definition) is 7. The number of carbonyl (C=O) groups excluding carboxylic acids is 2. The van der Waals surface area contributed by atoms with Gasteiger partial charge >= 0.3 is 5.97 Å². The molecular weight excluding hydrogens is 364 g/mol. The van der Waals surface area contributed by atoms with Crippen molar-refractivity contribution in [1.29, 1.82) is 0 Å². The third-order valence-electron chi connectivity index (χ3n) is 4.46. The highest BCUT2D eigenvalue weighted by molar-refractivity contribution is 7.99. The summed E-state index contributed by atoms with van der Waals surface area (Å²) in [5.74, 6) is 0.452. The fraction of sp³-hybridized carbons (Fsp3) is 0.316. The first kappa shape index (κ1) is 17.7. The number of fused-ring (bicyclic) bond motifs is 2. The lowest BCUT2D eigenvalue weighted by Crippen LogP contribution is -2.21. The van der Waals surface area contributed by atoms with Crippen LogP contribution in [-0.2, 0) is 16.0 Å². The monoisotopic (exact) mass is 382 g/mol. The Bertz CT molecular complexity index is 1000. The summed E-state index contributed by atoms with van der Waals surface area (Å²) in [6.07, 6.45) is 2.85. The van der Waals surface area contributed by atoms with Crippen molar-refractivity contribution in [3.05, 3.63) is 53.3 Å². The highest BCUT2D eigenvalue weighted by Gasteiger charge is 2.28. The number of aromatic nitrogens is 4. The maximum atomic E-state index is 12.6. The molecule has 1 aliphatic carbocycles. The Balaban J connectivity index is 1.59. The van der Waals surface area contributed by atoms with Gasteiger partial charge in [-0.25, -0.2) is 9.50 Å². The van der Waals surface area contributed by atoms with E-state index in [1.54, 1.807) is 13.1 Å². The molecule has 1 aromatic carbocycles. The molecule has 0 bridgehead atoms. The molecule has 7 nitrogen and oxygen atoms in total. The van der Waals surface area contributed by atoms with Gasteiger partial charge in [-0.15, -0.1) is 5.10 Å². The SMILES string of the molecule is CCOC(=O)CSc1nc2nc3c(cn2n1)C(=O)CC(c1ccccc1)C3. The van der Waals surface area contributed by atoms with Gasteiger partial charge in [0, 0.05) is 12.6 Å². The quantitative estimate of drug-likeness (QED) is 0.495. The number of rotatable bonds is 5. The average molecular weight is 382 g/mol. The molecule has 0 radical (unpaired) electrons. The first-order valence-electron chi connectivity index (χ1n) is 8.77. The van der Waals surface area contributed by atoms with Gasteiger partial charge in [-0.1, -0.05) is 42.1 Å². The van der Waals surface area contributed by atoms with Crippen LogP contribution in [0.2, 0.25) is 0 Å². The molecule has 3 aromatic rings. The van der Waals surface area contributed by atoms with Crippen molar-refractivity contribution in [2.45, 2.75) is 30.8 Å². The van der Waals surface area contributed by atoms with E-state index in [1.807, 2.05) is 30.3 Å². The summed E-state index contributed by atoms with van der Waals surface area (Å²) in [5.41, 5.74) is 2.49. The molecule has 0 fully saturated rings. The Kier molecular flexibility index (Phi) is 4.89. The molecule has 2 aromatic heterocycles. The Morgan fingerprint density at radius 2 is 2.07 bits per heavy atom. The Hall–Kier alpha value is -2.74. The average Bonchev–Trinajstić information content (AvgIpc) is 3.07. The second-order valence-electron chi connectivity index (χ2n) is 6.27. The molecule has 8 heteroatoms. The van der Waals surface area contributed by atoms with E-state index in [4.69, 9.17) is 4.74 Å². The fourth-order valence-corrected chi connectivity index (χ4v) is 3.83. The number of thioether (sulfide) groups is 1. The standard InChI is InChI=1S/C19H18N4O3S/c1-2-26-17(25)11-27-19-21-18-20-15-8-13(12-6-4-3-5-7-12)9-16(24)14(15)10-23(18)22-19/h3-7,10,13H,2,8-9,11H2,1H3. The molecule has 4 rings (SSSR count). The molecule has 0 saturated carbocycles. The fourth-order valence-electron chi connectivity index (χ4n) is 3.21. The van der Waals surface area contributed by atoms with Crippen LogP contribution in [0.25, 0.3) is 5.78 Å². The van der Waals surface area contributed by atoms with Gasteiger partial charge in [0.15, 0.2) is 5.78 Å². The highest BCUT2D eigenvalue weighted by atomic mass is 32.2. The van der Waals surface area contributed by atoms with E-state index in [9.17, 15) is 9.59 Å². The number of Topliss-reactive ketones (excluding diaryl/α,β-unsaturated/α-hetero) is 1. The zero-order valence-electron chi connectivity index (χ0n) is 14.8. The third kappa shape index (κ3) is 3.71. The lowest BCUT2D eigenvalue weighted by molar-refractivity contribution is -0.139. The van der Waals surface area contributed by atoms with Crippen LogP contribution in [-0.4, -0.2) is 43.7 Å². The van der Waals surface area contributed by atoms with Crippen molar-refractivity contribution in [2.75, 3.05) is 12.4 Å². The van der Waals surface area contributed by atoms with Gasteiger partial charge in [0.2, 0.25) is 5.16 Å². The smallest absolute Gasteiger partial charge is 0.316 e. The van der Waals surface area contributed by atoms with Crippen molar-refractivity contribution in [3.8, 4) is 0 Å². The normalized spacial score (nSPS) is 16.3. The molecule has 1 atom stereocenters. The summed E-state index contributed by atoms with van der Waals surface area (Å²) in [5, 5.41) is 4.75. The van der Waals surface area contributed by atoms with Gasteiger partial charge in [-0.05, 0) is 24.8 Å². The minimum absolute atomic E-state index is 0.0655. The predicted molar refractivity (Wildman–Crippen MR) is 100.0 cm³/mol. The summed E-state index contributed by atoms with van der Waals surface area (Å²) in [6, 6.07) is 10.0. The summed E-state index contributed by atoms with van der Waals surface area (Å²) >= 11 is 1.19. The van der Waals surface area contributed by atoms with Crippen LogP contribution in [0.15, 0.2) is 41.7 Å². The maximum absolute atomic E-state index is 12.6. The summed E-state index contributed by atoms with van der Waals surface area (Å²) < 4.78 is 6.41. The number of hydrogen-bond donors (Lipinski definition) is 0. The first-order valence-corrected chi connectivity index (χ1v) is 9.75. The summed E-state index contributed by atoms with van der Waals surface area (Å²) in [6.45, 7) is 2.11. The largest absolute Gasteiger partial charge is 0.465 e. The van der Waals surface area contributed by atoms with Crippen molar-refractivity contribution < 1.29 is 14.3 Å². The number of esters is 1. The van der Waals surface area contributed by atoms with Crippen LogP contribution in [0.5, 0.6) is 0 Å². The first-order chi connectivity index (χ1) is 13.1. The molecule has 0 saturated heterocycles. The molecule has 2 heterocycles.